The Morgan fingerprint density at radius 2 is 0.672 bits per heavy atom. The molecule has 10 aliphatic rings. The average molecular weight is 1830 g/mol. The van der Waals surface area contributed by atoms with Crippen LogP contribution in [0.3, 0.4) is 0 Å². The van der Waals surface area contributed by atoms with Gasteiger partial charge in [0.1, 0.15) is 214 Å². The number of aliphatic hydroxyl groups is 28. The summed E-state index contributed by atoms with van der Waals surface area (Å²) in [5.41, 5.74) is 0. The minimum Gasteiger partial charge on any atom is -0.394 e. The van der Waals surface area contributed by atoms with Crippen molar-refractivity contribution in [3.05, 3.63) is 0 Å². The molecule has 2 amide bonds. The summed E-state index contributed by atoms with van der Waals surface area (Å²) < 4.78 is 114. The van der Waals surface area contributed by atoms with Crippen LogP contribution in [0.15, 0.2) is 0 Å². The number of amides is 2. The summed E-state index contributed by atoms with van der Waals surface area (Å²) in [4.78, 5) is 41.9. The standard InChI is InChI=1S/C71H122N2O49.CO2/c1-18(2)56-35(72-21(5)81)45(93)59(28(12-78)107-56)117-65-36(73-22(6)82)46(94)60(30(14-80)112-65)119-70-55(103)62(44(92)33(115-70)17-106-67-54(102)61(120-68-52(100)48(96)40(88)26(10-76)109-68)43(91)32(113-67)16-105-66-51(99)47(95)39(87)25(9-75)108-66)121-71-63(50(98)41(89)27(11-77)110-71)122-64-20(4)37(85)58(29(13-79)111-64)118-69-53(101)49(97)42(90)31(114-69)15-104-34-7-23(83)19(3)57(116-34)38(86)24(84)8-74;2-1-3/h18-20,23-71,74-80,83-103H,7-17H2,1-6H3,(H,72,81)(H,73,82);. The molecule has 10 rings (SSSR count). The van der Waals surface area contributed by atoms with Crippen LogP contribution in [-0.4, -0.2) is 528 Å². The van der Waals surface area contributed by atoms with E-state index >= 15 is 0 Å². The molecule has 0 aliphatic carbocycles. The van der Waals surface area contributed by atoms with E-state index in [1.54, 1.807) is 13.8 Å². The lowest BCUT2D eigenvalue weighted by Crippen LogP contribution is -2.70. The summed E-state index contributed by atoms with van der Waals surface area (Å²) >= 11 is 0. The van der Waals surface area contributed by atoms with Gasteiger partial charge in [0.25, 0.3) is 0 Å². The first-order valence-electron chi connectivity index (χ1n) is 40.5. The Morgan fingerprint density at radius 1 is 0.336 bits per heavy atom. The zero-order valence-corrected chi connectivity index (χ0v) is 68.2. The van der Waals surface area contributed by atoms with Crippen molar-refractivity contribution in [2.75, 3.05) is 66.1 Å². The quantitative estimate of drug-likeness (QED) is 0.0290. The molecule has 53 nitrogen and oxygen atoms in total. The Hall–Kier alpha value is -3.56. The van der Waals surface area contributed by atoms with E-state index < -0.39 is 396 Å². The van der Waals surface area contributed by atoms with Gasteiger partial charge in [-0.25, -0.2) is 0 Å². The highest BCUT2D eigenvalue weighted by Crippen LogP contribution is 2.42. The monoisotopic (exact) mass is 1830 g/mol. The number of aliphatic hydroxyl groups excluding tert-OH is 28. The van der Waals surface area contributed by atoms with E-state index in [4.69, 9.17) is 99.6 Å². The molecule has 0 aromatic carbocycles. The molecule has 0 aromatic rings. The van der Waals surface area contributed by atoms with Gasteiger partial charge < -0.3 is 244 Å². The van der Waals surface area contributed by atoms with E-state index in [0.717, 1.165) is 13.8 Å². The van der Waals surface area contributed by atoms with Gasteiger partial charge in [0, 0.05) is 32.1 Å². The molecule has 125 heavy (non-hydrogen) atoms. The smallest absolute Gasteiger partial charge is 0.373 e. The van der Waals surface area contributed by atoms with Crippen LogP contribution in [0.1, 0.15) is 48.0 Å². The molecule has 0 bridgehead atoms. The van der Waals surface area contributed by atoms with Crippen LogP contribution in [0.2, 0.25) is 0 Å². The lowest BCUT2D eigenvalue weighted by Gasteiger charge is -2.51. The molecule has 0 saturated carbocycles. The van der Waals surface area contributed by atoms with Gasteiger partial charge in [0.05, 0.1) is 96.5 Å². The third-order valence-electron chi connectivity index (χ3n) is 23.6. The lowest BCUT2D eigenvalue weighted by atomic mass is 9.87. The third kappa shape index (κ3) is 24.0. The number of carbonyl (C=O) groups excluding carboxylic acids is 4. The number of ether oxygens (including phenoxy) is 19. The molecule has 0 spiro atoms. The van der Waals surface area contributed by atoms with Crippen molar-refractivity contribution in [3.63, 3.8) is 0 Å². The van der Waals surface area contributed by atoms with Gasteiger partial charge in [-0.15, -0.1) is 0 Å². The van der Waals surface area contributed by atoms with Crippen LogP contribution in [0.25, 0.3) is 0 Å². The molecular formula is C72H122N2O51. The maximum atomic E-state index is 13.1. The van der Waals surface area contributed by atoms with Crippen LogP contribution >= 0.6 is 0 Å². The Bertz CT molecular complexity index is 3280. The highest BCUT2D eigenvalue weighted by atomic mass is 16.8. The van der Waals surface area contributed by atoms with Crippen molar-refractivity contribution in [2.24, 2.45) is 17.8 Å². The summed E-state index contributed by atoms with van der Waals surface area (Å²) in [5, 5.41) is 316. The van der Waals surface area contributed by atoms with Gasteiger partial charge in [-0.2, -0.15) is 9.59 Å². The Labute approximate surface area is 711 Å². The number of hydrogen-bond acceptors (Lipinski definition) is 51. The predicted octanol–water partition coefficient (Wildman–Crippen LogP) is -19.1. The molecule has 10 saturated heterocycles. The van der Waals surface area contributed by atoms with E-state index in [0.29, 0.717) is 0 Å². The normalized spacial score (nSPS) is 48.7. The zero-order chi connectivity index (χ0) is 92.5. The Kier molecular flexibility index (Phi) is 39.4. The molecular weight excluding hydrogens is 1710 g/mol. The summed E-state index contributed by atoms with van der Waals surface area (Å²) in [6, 6.07) is -3.08. The zero-order valence-electron chi connectivity index (χ0n) is 68.2. The first kappa shape index (κ1) is 105. The van der Waals surface area contributed by atoms with Crippen LogP contribution in [-0.2, 0) is 109 Å². The summed E-state index contributed by atoms with van der Waals surface area (Å²) in [6.07, 6.45) is -91.7. The van der Waals surface area contributed by atoms with Crippen molar-refractivity contribution in [1.82, 2.24) is 10.6 Å². The number of rotatable bonds is 33. The van der Waals surface area contributed by atoms with Crippen molar-refractivity contribution < 1.29 is 252 Å². The number of nitrogens with one attached hydrogen (secondary N) is 2. The second-order valence-corrected chi connectivity index (χ2v) is 32.6. The largest absolute Gasteiger partial charge is 0.394 e. The first-order chi connectivity index (χ1) is 59.1. The fourth-order valence-corrected chi connectivity index (χ4v) is 16.4. The molecule has 51 atom stereocenters. The molecule has 10 heterocycles. The van der Waals surface area contributed by atoms with E-state index in [2.05, 4.69) is 10.6 Å². The molecule has 51 unspecified atom stereocenters. The minimum absolute atomic E-state index is 0.230. The van der Waals surface area contributed by atoms with Gasteiger partial charge in [-0.05, 0) is 5.92 Å². The fraction of sp³-hybridized carbons (Fsp3) is 0.958. The highest BCUT2D eigenvalue weighted by Gasteiger charge is 2.61. The summed E-state index contributed by atoms with van der Waals surface area (Å²) in [5.74, 6) is -4.19. The van der Waals surface area contributed by atoms with Gasteiger partial charge in [-0.1, -0.05) is 27.7 Å². The van der Waals surface area contributed by atoms with Gasteiger partial charge in [0.2, 0.25) is 11.8 Å². The van der Waals surface area contributed by atoms with Crippen LogP contribution in [0.5, 0.6) is 0 Å². The van der Waals surface area contributed by atoms with Crippen molar-refractivity contribution in [3.8, 4) is 0 Å². The SMILES string of the molecule is CC(=O)NC1C(OC2C(CO)OC(C(C)C)C(NC(C)=O)C2O)OC(CO)C(OC2OC(COC3OC(COC4OC(CO)C(O)C(O)C4O)C(O)C(OC4OC(CO)C(O)C(O)C4O)C3O)C(O)C(OC3OC(CO)C(O)C(O)C3OC3OC(CO)C(OC4OC(COC5CC(O)C(C)C(C(O)C(O)CO)O5)C(O)C(O)C4O)C(O)C3C)C2O)C1O.O=C=O. The second kappa shape index (κ2) is 46.9. The van der Waals surface area contributed by atoms with Crippen LogP contribution in [0, 0.1) is 17.8 Å². The molecule has 0 aromatic heterocycles. The van der Waals surface area contributed by atoms with E-state index in [9.17, 15) is 153 Å². The van der Waals surface area contributed by atoms with E-state index in [1.165, 1.54) is 13.8 Å². The van der Waals surface area contributed by atoms with Crippen molar-refractivity contribution in [1.29, 1.82) is 0 Å². The first-order valence-corrected chi connectivity index (χ1v) is 40.5. The molecule has 53 heteroatoms. The Balaban J connectivity index is 0.00000581. The maximum absolute atomic E-state index is 13.1. The topological polar surface area (TPSA) is 834 Å². The lowest BCUT2D eigenvalue weighted by molar-refractivity contribution is -0.400. The fourth-order valence-electron chi connectivity index (χ4n) is 16.4. The molecule has 30 N–H and O–H groups in total. The summed E-state index contributed by atoms with van der Waals surface area (Å²) in [7, 11) is 0. The Morgan fingerprint density at radius 3 is 1.15 bits per heavy atom. The third-order valence-corrected chi connectivity index (χ3v) is 23.6. The van der Waals surface area contributed by atoms with Crippen LogP contribution in [0.4, 0.5) is 0 Å². The maximum Gasteiger partial charge on any atom is 0.373 e. The second-order valence-electron chi connectivity index (χ2n) is 32.6. The summed E-state index contributed by atoms with van der Waals surface area (Å²) in [6.45, 7) is -1.65. The highest BCUT2D eigenvalue weighted by molar-refractivity contribution is 5.73. The van der Waals surface area contributed by atoms with E-state index in [-0.39, 0.29) is 12.6 Å². The van der Waals surface area contributed by atoms with E-state index in [1.807, 2.05) is 0 Å². The molecule has 10 aliphatic heterocycles. The van der Waals surface area contributed by atoms with Gasteiger partial charge in [0.15, 0.2) is 56.6 Å². The van der Waals surface area contributed by atoms with Crippen molar-refractivity contribution >= 4 is 18.0 Å². The number of carbonyl (C=O) groups is 2. The van der Waals surface area contributed by atoms with Crippen molar-refractivity contribution in [2.45, 2.75) is 349 Å². The molecule has 726 valence electrons. The molecule has 0 radical (unpaired) electrons. The van der Waals surface area contributed by atoms with Gasteiger partial charge >= 0.3 is 6.15 Å². The van der Waals surface area contributed by atoms with Crippen LogP contribution < -0.4 is 10.6 Å². The van der Waals surface area contributed by atoms with Gasteiger partial charge in [-0.3, -0.25) is 9.59 Å². The minimum atomic E-state index is -2.53. The average Bonchev–Trinajstić information content (AvgIpc) is 0.770. The predicted molar refractivity (Wildman–Crippen MR) is 387 cm³/mol. The molecule has 10 fully saturated rings. The number of hydrogen-bond donors (Lipinski definition) is 30.